The lowest BCUT2D eigenvalue weighted by molar-refractivity contribution is -0.132. The molecule has 1 saturated heterocycles. The van der Waals surface area contributed by atoms with Gasteiger partial charge in [-0.25, -0.2) is 0 Å². The molecule has 1 unspecified atom stereocenters. The summed E-state index contributed by atoms with van der Waals surface area (Å²) >= 11 is 0. The highest BCUT2D eigenvalue weighted by Crippen LogP contribution is 2.19. The van der Waals surface area contributed by atoms with Crippen LogP contribution in [0.3, 0.4) is 0 Å². The molecule has 1 atom stereocenters. The van der Waals surface area contributed by atoms with E-state index >= 15 is 0 Å². The third-order valence-electron chi connectivity index (χ3n) is 4.29. The number of benzene rings is 1. The van der Waals surface area contributed by atoms with Crippen LogP contribution in [0, 0.1) is 6.92 Å². The summed E-state index contributed by atoms with van der Waals surface area (Å²) in [5.74, 6) is 1.92. The molecule has 1 aromatic carbocycles. The van der Waals surface area contributed by atoms with Crippen LogP contribution >= 0.6 is 0 Å². The van der Waals surface area contributed by atoms with Crippen LogP contribution in [-0.2, 0) is 4.79 Å². The average Bonchev–Trinajstić information content (AvgIpc) is 3.09. The predicted molar refractivity (Wildman–Crippen MR) is 98.6 cm³/mol. The van der Waals surface area contributed by atoms with E-state index in [1.54, 1.807) is 17.3 Å². The van der Waals surface area contributed by atoms with Crippen LogP contribution in [0.2, 0.25) is 0 Å². The largest absolute Gasteiger partial charge is 0.484 e. The number of amides is 1. The van der Waals surface area contributed by atoms with Crippen molar-refractivity contribution in [2.75, 3.05) is 38.7 Å². The van der Waals surface area contributed by atoms with E-state index in [4.69, 9.17) is 9.47 Å². The van der Waals surface area contributed by atoms with Gasteiger partial charge in [-0.15, -0.1) is 0 Å². The molecule has 1 amide bonds. The number of carbonyl (C=O) groups excluding carboxylic acids is 1. The van der Waals surface area contributed by atoms with Crippen LogP contribution < -0.4 is 14.4 Å². The van der Waals surface area contributed by atoms with Gasteiger partial charge in [0.1, 0.15) is 11.9 Å². The first-order chi connectivity index (χ1) is 12.5. The minimum absolute atomic E-state index is 0.0347. The van der Waals surface area contributed by atoms with Crippen LogP contribution in [0.25, 0.3) is 0 Å². The summed E-state index contributed by atoms with van der Waals surface area (Å²) in [5, 5.41) is 0. The molecule has 0 spiro atoms. The number of nitrogens with zero attached hydrogens (tertiary/aromatic N) is 4. The van der Waals surface area contributed by atoms with Crippen LogP contribution in [-0.4, -0.2) is 60.7 Å². The van der Waals surface area contributed by atoms with Gasteiger partial charge in [0.2, 0.25) is 5.88 Å². The first-order valence-electron chi connectivity index (χ1n) is 8.65. The summed E-state index contributed by atoms with van der Waals surface area (Å²) in [6.45, 7) is 3.18. The van der Waals surface area contributed by atoms with Crippen molar-refractivity contribution < 1.29 is 14.3 Å². The van der Waals surface area contributed by atoms with E-state index in [1.807, 2.05) is 50.2 Å². The number of hydrogen-bond donors (Lipinski definition) is 0. The average molecular weight is 356 g/mol. The van der Waals surface area contributed by atoms with Crippen molar-refractivity contribution >= 4 is 11.7 Å². The van der Waals surface area contributed by atoms with E-state index in [2.05, 4.69) is 9.97 Å². The van der Waals surface area contributed by atoms with Gasteiger partial charge in [-0.2, -0.15) is 4.98 Å². The van der Waals surface area contributed by atoms with E-state index < -0.39 is 0 Å². The minimum atomic E-state index is -0.0795. The molecule has 0 saturated carbocycles. The third kappa shape index (κ3) is 4.41. The lowest BCUT2D eigenvalue weighted by Crippen LogP contribution is -2.34. The lowest BCUT2D eigenvalue weighted by atomic mass is 10.2. The molecule has 0 N–H and O–H groups in total. The first-order valence-corrected chi connectivity index (χ1v) is 8.65. The Morgan fingerprint density at radius 3 is 2.88 bits per heavy atom. The summed E-state index contributed by atoms with van der Waals surface area (Å²) < 4.78 is 11.5. The number of rotatable bonds is 6. The molecule has 3 rings (SSSR count). The Balaban J connectivity index is 1.51. The fourth-order valence-electron chi connectivity index (χ4n) is 2.78. The van der Waals surface area contributed by atoms with Gasteiger partial charge in [0, 0.05) is 27.1 Å². The molecule has 7 heteroatoms. The second-order valence-corrected chi connectivity index (χ2v) is 6.53. The summed E-state index contributed by atoms with van der Waals surface area (Å²) in [6, 6.07) is 7.67. The Morgan fingerprint density at radius 2 is 2.12 bits per heavy atom. The highest BCUT2D eigenvalue weighted by atomic mass is 16.5. The highest BCUT2D eigenvalue weighted by molar-refractivity contribution is 5.78. The maximum atomic E-state index is 12.4. The van der Waals surface area contributed by atoms with Crippen LogP contribution in [0.15, 0.2) is 36.7 Å². The van der Waals surface area contributed by atoms with Crippen molar-refractivity contribution in [1.82, 2.24) is 14.9 Å². The van der Waals surface area contributed by atoms with Crippen LogP contribution in [0.1, 0.15) is 12.0 Å². The fourth-order valence-corrected chi connectivity index (χ4v) is 2.78. The van der Waals surface area contributed by atoms with Crippen molar-refractivity contribution in [3.05, 3.63) is 42.2 Å². The number of carbonyl (C=O) groups is 1. The highest BCUT2D eigenvalue weighted by Gasteiger charge is 2.28. The quantitative estimate of drug-likeness (QED) is 0.788. The molecule has 0 bridgehead atoms. The molecule has 0 aliphatic carbocycles. The number of aryl methyl sites for hydroxylation is 1. The minimum Gasteiger partial charge on any atom is -0.484 e. The van der Waals surface area contributed by atoms with Crippen LogP contribution in [0.5, 0.6) is 11.6 Å². The SMILES string of the molecule is Cc1ccccc1OCC(=O)N1CCC(Oc2cncc(N(C)C)n2)C1. The Bertz CT molecular complexity index is 766. The zero-order valence-electron chi connectivity index (χ0n) is 15.4. The topological polar surface area (TPSA) is 67.8 Å². The molecule has 1 fully saturated rings. The third-order valence-corrected chi connectivity index (χ3v) is 4.29. The first kappa shape index (κ1) is 18.0. The van der Waals surface area contributed by atoms with E-state index in [9.17, 15) is 4.79 Å². The molecule has 1 aliphatic rings. The molecular formula is C19H24N4O3. The van der Waals surface area contributed by atoms with Gasteiger partial charge in [-0.3, -0.25) is 9.78 Å². The standard InChI is InChI=1S/C19H24N4O3/c1-14-6-4-5-7-16(14)25-13-19(24)23-9-8-15(12-23)26-18-11-20-10-17(21-18)22(2)3/h4-7,10-11,15H,8-9,12-13H2,1-3H3. The maximum absolute atomic E-state index is 12.4. The normalized spacial score (nSPS) is 16.4. The van der Waals surface area contributed by atoms with Crippen molar-refractivity contribution in [2.45, 2.75) is 19.4 Å². The molecule has 2 heterocycles. The summed E-state index contributed by atoms with van der Waals surface area (Å²) in [7, 11) is 3.80. The number of anilines is 1. The van der Waals surface area contributed by atoms with Crippen molar-refractivity contribution in [1.29, 1.82) is 0 Å². The summed E-state index contributed by atoms with van der Waals surface area (Å²) in [6.07, 6.45) is 3.97. The van der Waals surface area contributed by atoms with Gasteiger partial charge in [0.05, 0.1) is 18.9 Å². The van der Waals surface area contributed by atoms with Crippen molar-refractivity contribution in [3.63, 3.8) is 0 Å². The van der Waals surface area contributed by atoms with Crippen molar-refractivity contribution in [2.24, 2.45) is 0 Å². The van der Waals surface area contributed by atoms with Gasteiger partial charge in [0.15, 0.2) is 12.4 Å². The zero-order valence-corrected chi connectivity index (χ0v) is 15.4. The fraction of sp³-hybridized carbons (Fsp3) is 0.421. The van der Waals surface area contributed by atoms with Gasteiger partial charge in [-0.05, 0) is 18.6 Å². The van der Waals surface area contributed by atoms with Gasteiger partial charge in [-0.1, -0.05) is 18.2 Å². The second-order valence-electron chi connectivity index (χ2n) is 6.53. The number of aromatic nitrogens is 2. The molecular weight excluding hydrogens is 332 g/mol. The summed E-state index contributed by atoms with van der Waals surface area (Å²) in [4.78, 5) is 24.6. The number of para-hydroxylation sites is 1. The van der Waals surface area contributed by atoms with E-state index in [1.165, 1.54) is 0 Å². The Morgan fingerprint density at radius 1 is 1.31 bits per heavy atom. The number of ether oxygens (including phenoxy) is 2. The smallest absolute Gasteiger partial charge is 0.260 e. The molecule has 1 aromatic heterocycles. The van der Waals surface area contributed by atoms with Gasteiger partial charge >= 0.3 is 0 Å². The Hall–Kier alpha value is -2.83. The number of likely N-dealkylation sites (tertiary alicyclic amines) is 1. The monoisotopic (exact) mass is 356 g/mol. The summed E-state index contributed by atoms with van der Waals surface area (Å²) in [5.41, 5.74) is 1.02. The lowest BCUT2D eigenvalue weighted by Gasteiger charge is -2.18. The van der Waals surface area contributed by atoms with E-state index in [0.29, 0.717) is 19.0 Å². The molecule has 138 valence electrons. The molecule has 1 aliphatic heterocycles. The molecule has 2 aromatic rings. The van der Waals surface area contributed by atoms with Gasteiger partial charge in [0.25, 0.3) is 5.91 Å². The second kappa shape index (κ2) is 8.03. The Labute approximate surface area is 153 Å². The predicted octanol–water partition coefficient (Wildman–Crippen LogP) is 1.91. The Kier molecular flexibility index (Phi) is 5.55. The number of hydrogen-bond acceptors (Lipinski definition) is 6. The zero-order chi connectivity index (χ0) is 18.5. The molecule has 0 radical (unpaired) electrons. The van der Waals surface area contributed by atoms with Gasteiger partial charge < -0.3 is 19.3 Å². The molecule has 26 heavy (non-hydrogen) atoms. The van der Waals surface area contributed by atoms with E-state index in [-0.39, 0.29) is 18.6 Å². The van der Waals surface area contributed by atoms with Crippen molar-refractivity contribution in [3.8, 4) is 11.6 Å². The van der Waals surface area contributed by atoms with Crippen LogP contribution in [0.4, 0.5) is 5.82 Å². The maximum Gasteiger partial charge on any atom is 0.260 e. The van der Waals surface area contributed by atoms with E-state index in [0.717, 1.165) is 23.6 Å². The molecule has 7 nitrogen and oxygen atoms in total.